The van der Waals surface area contributed by atoms with Gasteiger partial charge in [0.25, 0.3) is 5.91 Å². The molecule has 1 atom stereocenters. The van der Waals surface area contributed by atoms with Crippen molar-refractivity contribution in [1.29, 1.82) is 0 Å². The number of likely N-dealkylation sites (N-methyl/N-ethyl adjacent to an activating group) is 1. The summed E-state index contributed by atoms with van der Waals surface area (Å²) in [6, 6.07) is 0.994. The Labute approximate surface area is 127 Å². The number of amides is 1. The number of nitrogen functional groups attached to an aromatic ring is 1. The predicted octanol–water partition coefficient (Wildman–Crippen LogP) is 1.49. The van der Waals surface area contributed by atoms with Crippen LogP contribution in [0.3, 0.4) is 0 Å². The second-order valence-corrected chi connectivity index (χ2v) is 6.51. The quantitative estimate of drug-likeness (QED) is 0.874. The van der Waals surface area contributed by atoms with Crippen LogP contribution in [0.25, 0.3) is 10.3 Å². The van der Waals surface area contributed by atoms with Crippen molar-refractivity contribution in [3.05, 3.63) is 17.3 Å². The molecule has 1 aliphatic rings. The summed E-state index contributed by atoms with van der Waals surface area (Å²) in [5, 5.41) is 2.96. The summed E-state index contributed by atoms with van der Waals surface area (Å²) in [5.41, 5.74) is 7.03. The van der Waals surface area contributed by atoms with Gasteiger partial charge >= 0.3 is 0 Å². The number of nitrogens with two attached hydrogens (primary N) is 1. The van der Waals surface area contributed by atoms with Crippen LogP contribution < -0.4 is 11.1 Å². The Hall–Kier alpha value is -1.73. The maximum Gasteiger partial charge on any atom is 0.263 e. The molecule has 0 saturated heterocycles. The highest BCUT2D eigenvalue weighted by molar-refractivity contribution is 7.21. The van der Waals surface area contributed by atoms with Crippen LogP contribution in [0.15, 0.2) is 12.4 Å². The third-order valence-corrected chi connectivity index (χ3v) is 5.05. The second kappa shape index (κ2) is 5.57. The molecular formula is C14H19N5OS. The van der Waals surface area contributed by atoms with Crippen molar-refractivity contribution in [1.82, 2.24) is 20.2 Å². The molecule has 0 spiro atoms. The molecular weight excluding hydrogens is 286 g/mol. The Morgan fingerprint density at radius 3 is 2.90 bits per heavy atom. The van der Waals surface area contributed by atoms with Crippen molar-refractivity contribution >= 4 is 33.3 Å². The predicted molar refractivity (Wildman–Crippen MR) is 84.4 cm³/mol. The molecule has 1 fully saturated rings. The number of fused-ring (bicyclic) bond motifs is 1. The highest BCUT2D eigenvalue weighted by Gasteiger charge is 2.29. The van der Waals surface area contributed by atoms with E-state index in [4.69, 9.17) is 5.73 Å². The fourth-order valence-electron chi connectivity index (χ4n) is 2.32. The number of anilines is 1. The summed E-state index contributed by atoms with van der Waals surface area (Å²) < 4.78 is 0. The summed E-state index contributed by atoms with van der Waals surface area (Å²) in [6.07, 6.45) is 5.71. The van der Waals surface area contributed by atoms with Crippen molar-refractivity contribution in [3.8, 4) is 0 Å². The monoisotopic (exact) mass is 305 g/mol. The Kier molecular flexibility index (Phi) is 3.77. The average molecular weight is 305 g/mol. The largest absolute Gasteiger partial charge is 0.396 e. The number of aromatic nitrogens is 2. The first-order valence-corrected chi connectivity index (χ1v) is 7.88. The third kappa shape index (κ3) is 2.84. The summed E-state index contributed by atoms with van der Waals surface area (Å²) in [4.78, 5) is 24.2. The fourth-order valence-corrected chi connectivity index (χ4v) is 3.26. The molecule has 1 amide bonds. The number of hydrogen-bond donors (Lipinski definition) is 2. The van der Waals surface area contributed by atoms with E-state index in [1.165, 1.54) is 24.2 Å². The van der Waals surface area contributed by atoms with E-state index in [1.54, 1.807) is 12.4 Å². The maximum atomic E-state index is 12.3. The molecule has 0 aromatic carbocycles. The van der Waals surface area contributed by atoms with Gasteiger partial charge in [-0.1, -0.05) is 0 Å². The Bertz CT molecular complexity index is 666. The van der Waals surface area contributed by atoms with Crippen LogP contribution in [-0.2, 0) is 0 Å². The molecule has 2 aromatic rings. The maximum absolute atomic E-state index is 12.3. The molecule has 0 aliphatic heterocycles. The molecule has 3 rings (SSSR count). The van der Waals surface area contributed by atoms with E-state index >= 15 is 0 Å². The average Bonchev–Trinajstić information content (AvgIpc) is 3.29. The lowest BCUT2D eigenvalue weighted by molar-refractivity contribution is 0.0944. The summed E-state index contributed by atoms with van der Waals surface area (Å²) >= 11 is 1.29. The zero-order valence-electron chi connectivity index (χ0n) is 12.2. The highest BCUT2D eigenvalue weighted by Crippen LogP contribution is 2.30. The number of nitrogens with one attached hydrogen (secondary N) is 1. The molecule has 1 aliphatic carbocycles. The molecule has 7 heteroatoms. The standard InChI is InChI=1S/C14H19N5OS/c1-8(19(2)9-3-4-9)7-18-13(20)12-10(15)11-14(21-12)17-6-5-16-11/h5-6,8-9H,3-4,7,15H2,1-2H3,(H,18,20). The van der Waals surface area contributed by atoms with Gasteiger partial charge in [0.2, 0.25) is 0 Å². The van der Waals surface area contributed by atoms with E-state index in [2.05, 4.69) is 34.2 Å². The Morgan fingerprint density at radius 2 is 2.24 bits per heavy atom. The van der Waals surface area contributed by atoms with E-state index in [0.717, 1.165) is 0 Å². The van der Waals surface area contributed by atoms with Crippen LogP contribution in [0.1, 0.15) is 29.4 Å². The SMILES string of the molecule is CC(CNC(=O)c1sc2nccnc2c1N)N(C)C1CC1. The minimum Gasteiger partial charge on any atom is -0.396 e. The smallest absolute Gasteiger partial charge is 0.263 e. The molecule has 3 N–H and O–H groups in total. The topological polar surface area (TPSA) is 84.1 Å². The number of nitrogens with zero attached hydrogens (tertiary/aromatic N) is 3. The lowest BCUT2D eigenvalue weighted by Gasteiger charge is -2.24. The highest BCUT2D eigenvalue weighted by atomic mass is 32.1. The molecule has 1 saturated carbocycles. The van der Waals surface area contributed by atoms with Gasteiger partial charge in [0.05, 0.1) is 5.69 Å². The van der Waals surface area contributed by atoms with Crippen molar-refractivity contribution in [2.75, 3.05) is 19.3 Å². The first-order chi connectivity index (χ1) is 10.1. The van der Waals surface area contributed by atoms with E-state index in [-0.39, 0.29) is 5.91 Å². The summed E-state index contributed by atoms with van der Waals surface area (Å²) in [6.45, 7) is 2.73. The van der Waals surface area contributed by atoms with Gasteiger partial charge in [-0.3, -0.25) is 9.69 Å². The van der Waals surface area contributed by atoms with Crippen molar-refractivity contribution in [3.63, 3.8) is 0 Å². The molecule has 2 aromatic heterocycles. The minimum absolute atomic E-state index is 0.145. The van der Waals surface area contributed by atoms with Crippen LogP contribution in [0.5, 0.6) is 0 Å². The van der Waals surface area contributed by atoms with Gasteiger partial charge < -0.3 is 11.1 Å². The number of hydrogen-bond acceptors (Lipinski definition) is 6. The Balaban J connectivity index is 1.67. The number of thiophene rings is 1. The van der Waals surface area contributed by atoms with Crippen molar-refractivity contribution in [2.24, 2.45) is 0 Å². The molecule has 0 bridgehead atoms. The lowest BCUT2D eigenvalue weighted by Crippen LogP contribution is -2.41. The van der Waals surface area contributed by atoms with Gasteiger partial charge in [-0.25, -0.2) is 9.97 Å². The number of rotatable bonds is 5. The van der Waals surface area contributed by atoms with Gasteiger partial charge in [-0.2, -0.15) is 0 Å². The minimum atomic E-state index is -0.145. The first kappa shape index (κ1) is 14.2. The molecule has 0 radical (unpaired) electrons. The molecule has 112 valence electrons. The van der Waals surface area contributed by atoms with Crippen molar-refractivity contribution in [2.45, 2.75) is 31.8 Å². The van der Waals surface area contributed by atoms with E-state index in [0.29, 0.717) is 39.5 Å². The van der Waals surface area contributed by atoms with Gasteiger partial charge in [0.15, 0.2) is 0 Å². The zero-order valence-corrected chi connectivity index (χ0v) is 13.0. The summed E-state index contributed by atoms with van der Waals surface area (Å²) in [5.74, 6) is -0.145. The second-order valence-electron chi connectivity index (χ2n) is 5.51. The fraction of sp³-hybridized carbons (Fsp3) is 0.500. The normalized spacial score (nSPS) is 16.3. The van der Waals surface area contributed by atoms with Crippen LogP contribution in [0.4, 0.5) is 5.69 Å². The third-order valence-electron chi connectivity index (χ3n) is 3.95. The van der Waals surface area contributed by atoms with Gasteiger partial charge in [-0.05, 0) is 26.8 Å². The van der Waals surface area contributed by atoms with Crippen molar-refractivity contribution < 1.29 is 4.79 Å². The Morgan fingerprint density at radius 1 is 1.52 bits per heavy atom. The number of carbonyl (C=O) groups excluding carboxylic acids is 1. The van der Waals surface area contributed by atoms with Gasteiger partial charge in [-0.15, -0.1) is 11.3 Å². The zero-order chi connectivity index (χ0) is 15.0. The van der Waals surface area contributed by atoms with E-state index < -0.39 is 0 Å². The van der Waals surface area contributed by atoms with E-state index in [9.17, 15) is 4.79 Å². The molecule has 6 nitrogen and oxygen atoms in total. The molecule has 21 heavy (non-hydrogen) atoms. The lowest BCUT2D eigenvalue weighted by atomic mass is 10.2. The van der Waals surface area contributed by atoms with Crippen LogP contribution in [-0.4, -0.2) is 46.5 Å². The molecule has 2 heterocycles. The molecule has 1 unspecified atom stereocenters. The summed E-state index contributed by atoms with van der Waals surface area (Å²) in [7, 11) is 2.11. The van der Waals surface area contributed by atoms with Crippen LogP contribution in [0, 0.1) is 0 Å². The van der Waals surface area contributed by atoms with Crippen LogP contribution >= 0.6 is 11.3 Å². The number of carbonyl (C=O) groups is 1. The van der Waals surface area contributed by atoms with E-state index in [1.807, 2.05) is 0 Å². The van der Waals surface area contributed by atoms with Gasteiger partial charge in [0.1, 0.15) is 15.2 Å². The van der Waals surface area contributed by atoms with Gasteiger partial charge in [0, 0.05) is 31.0 Å². The van der Waals surface area contributed by atoms with Crippen LogP contribution in [0.2, 0.25) is 0 Å². The first-order valence-electron chi connectivity index (χ1n) is 7.07.